The molecule has 0 aliphatic heterocycles. The highest BCUT2D eigenvalue weighted by atomic mass is 16.5. The zero-order valence-electron chi connectivity index (χ0n) is 9.29. The largest absolute Gasteiger partial charge is 0.479 e. The van der Waals surface area contributed by atoms with Gasteiger partial charge in [-0.2, -0.15) is 0 Å². The molecule has 0 spiro atoms. The van der Waals surface area contributed by atoms with Crippen LogP contribution in [0.3, 0.4) is 0 Å². The molecule has 0 aromatic rings. The summed E-state index contributed by atoms with van der Waals surface area (Å²) in [5, 5.41) is 8.78. The highest BCUT2D eigenvalue weighted by Gasteiger charge is 2.15. The summed E-state index contributed by atoms with van der Waals surface area (Å²) in [5.74, 6) is -0.831. The molecular weight excluding hydrogens is 180 g/mol. The molecule has 0 heterocycles. The van der Waals surface area contributed by atoms with E-state index in [1.807, 2.05) is 6.92 Å². The summed E-state index contributed by atoms with van der Waals surface area (Å²) in [6, 6.07) is 0. The lowest BCUT2D eigenvalue weighted by Gasteiger charge is -2.12. The second kappa shape index (κ2) is 9.00. The number of carboxylic acids is 1. The molecule has 0 radical (unpaired) electrons. The third-order valence-corrected chi connectivity index (χ3v) is 2.14. The summed E-state index contributed by atoms with van der Waals surface area (Å²) in [5.41, 5.74) is 0. The van der Waals surface area contributed by atoms with Crippen LogP contribution in [0.5, 0.6) is 0 Å². The van der Waals surface area contributed by atoms with Crippen molar-refractivity contribution >= 4 is 5.97 Å². The van der Waals surface area contributed by atoms with Crippen LogP contribution in [0.1, 0.15) is 52.4 Å². The maximum atomic E-state index is 10.7. The number of hydrogen-bond donors (Lipinski definition) is 1. The van der Waals surface area contributed by atoms with Crippen LogP contribution in [-0.4, -0.2) is 23.8 Å². The van der Waals surface area contributed by atoms with E-state index in [0.29, 0.717) is 13.0 Å². The van der Waals surface area contributed by atoms with Gasteiger partial charge in [0.15, 0.2) is 6.10 Å². The van der Waals surface area contributed by atoms with E-state index in [4.69, 9.17) is 9.84 Å². The predicted octanol–water partition coefficient (Wildman–Crippen LogP) is 2.84. The zero-order chi connectivity index (χ0) is 10.8. The maximum Gasteiger partial charge on any atom is 0.332 e. The molecule has 0 rings (SSSR count). The fourth-order valence-corrected chi connectivity index (χ4v) is 1.29. The van der Waals surface area contributed by atoms with Crippen molar-refractivity contribution in [2.75, 3.05) is 6.61 Å². The van der Waals surface area contributed by atoms with Crippen LogP contribution in [0.25, 0.3) is 0 Å². The molecule has 1 N–H and O–H groups in total. The average Bonchev–Trinajstić information content (AvgIpc) is 2.15. The van der Waals surface area contributed by atoms with Crippen molar-refractivity contribution < 1.29 is 14.6 Å². The summed E-state index contributed by atoms with van der Waals surface area (Å²) >= 11 is 0. The van der Waals surface area contributed by atoms with Crippen molar-refractivity contribution in [1.82, 2.24) is 0 Å². The Balaban J connectivity index is 3.46. The minimum Gasteiger partial charge on any atom is -0.479 e. The molecule has 0 aliphatic carbocycles. The summed E-state index contributed by atoms with van der Waals surface area (Å²) < 4.78 is 5.29. The Bertz CT molecular complexity index is 145. The second-order valence-corrected chi connectivity index (χ2v) is 3.55. The average molecular weight is 202 g/mol. The van der Waals surface area contributed by atoms with Gasteiger partial charge >= 0.3 is 5.97 Å². The van der Waals surface area contributed by atoms with E-state index in [9.17, 15) is 4.79 Å². The van der Waals surface area contributed by atoms with Gasteiger partial charge in [-0.1, -0.05) is 39.5 Å². The van der Waals surface area contributed by atoms with Crippen molar-refractivity contribution in [3.8, 4) is 0 Å². The number of carboxylic acid groups (broad SMARTS) is 1. The molecule has 0 bridgehead atoms. The van der Waals surface area contributed by atoms with Crippen molar-refractivity contribution in [2.45, 2.75) is 58.5 Å². The van der Waals surface area contributed by atoms with E-state index in [0.717, 1.165) is 19.3 Å². The molecule has 84 valence electrons. The van der Waals surface area contributed by atoms with Crippen LogP contribution in [-0.2, 0) is 9.53 Å². The minimum atomic E-state index is -0.831. The van der Waals surface area contributed by atoms with Gasteiger partial charge in [-0.3, -0.25) is 0 Å². The predicted molar refractivity (Wildman–Crippen MR) is 56.4 cm³/mol. The molecule has 0 saturated carbocycles. The number of unbranched alkanes of at least 4 members (excludes halogenated alkanes) is 3. The second-order valence-electron chi connectivity index (χ2n) is 3.55. The standard InChI is InChI=1S/C11H22O3/c1-3-5-6-7-9-14-10(8-4-2)11(12)13/h10H,3-9H2,1-2H3,(H,12,13). The molecule has 0 fully saturated rings. The monoisotopic (exact) mass is 202 g/mol. The summed E-state index contributed by atoms with van der Waals surface area (Å²) in [7, 11) is 0. The van der Waals surface area contributed by atoms with E-state index < -0.39 is 12.1 Å². The molecule has 0 aromatic heterocycles. The van der Waals surface area contributed by atoms with Crippen LogP contribution in [0.2, 0.25) is 0 Å². The third kappa shape index (κ3) is 6.89. The highest BCUT2D eigenvalue weighted by Crippen LogP contribution is 2.05. The Morgan fingerprint density at radius 1 is 1.21 bits per heavy atom. The Hall–Kier alpha value is -0.570. The molecule has 0 amide bonds. The molecule has 0 saturated heterocycles. The molecule has 1 atom stereocenters. The molecule has 0 aromatic carbocycles. The molecular formula is C11H22O3. The smallest absolute Gasteiger partial charge is 0.332 e. The lowest BCUT2D eigenvalue weighted by atomic mass is 10.2. The Morgan fingerprint density at radius 3 is 2.43 bits per heavy atom. The van der Waals surface area contributed by atoms with E-state index in [2.05, 4.69) is 6.92 Å². The van der Waals surface area contributed by atoms with Crippen LogP contribution >= 0.6 is 0 Å². The Morgan fingerprint density at radius 2 is 1.93 bits per heavy atom. The van der Waals surface area contributed by atoms with Crippen molar-refractivity contribution in [3.05, 3.63) is 0 Å². The van der Waals surface area contributed by atoms with Crippen LogP contribution in [0.15, 0.2) is 0 Å². The normalized spacial score (nSPS) is 12.7. The van der Waals surface area contributed by atoms with Gasteiger partial charge in [0.2, 0.25) is 0 Å². The van der Waals surface area contributed by atoms with Gasteiger partial charge in [0.05, 0.1) is 0 Å². The number of aliphatic carboxylic acids is 1. The lowest BCUT2D eigenvalue weighted by Crippen LogP contribution is -2.24. The summed E-state index contributed by atoms with van der Waals surface area (Å²) in [4.78, 5) is 10.7. The van der Waals surface area contributed by atoms with Gasteiger partial charge in [-0.05, 0) is 12.8 Å². The fraction of sp³-hybridized carbons (Fsp3) is 0.909. The van der Waals surface area contributed by atoms with Crippen LogP contribution in [0.4, 0.5) is 0 Å². The van der Waals surface area contributed by atoms with Crippen molar-refractivity contribution in [1.29, 1.82) is 0 Å². The SMILES string of the molecule is CCCCCCOC(CCC)C(=O)O. The minimum absolute atomic E-state index is 0.580. The van der Waals surface area contributed by atoms with Gasteiger partial charge in [-0.15, -0.1) is 0 Å². The third-order valence-electron chi connectivity index (χ3n) is 2.14. The van der Waals surface area contributed by atoms with Gasteiger partial charge in [-0.25, -0.2) is 4.79 Å². The van der Waals surface area contributed by atoms with Crippen LogP contribution < -0.4 is 0 Å². The van der Waals surface area contributed by atoms with E-state index in [1.165, 1.54) is 12.8 Å². The summed E-state index contributed by atoms with van der Waals surface area (Å²) in [6.45, 7) is 4.70. The number of carbonyl (C=O) groups is 1. The highest BCUT2D eigenvalue weighted by molar-refractivity contribution is 5.72. The molecule has 14 heavy (non-hydrogen) atoms. The Kier molecular flexibility index (Phi) is 8.64. The molecule has 0 aliphatic rings. The van der Waals surface area contributed by atoms with E-state index >= 15 is 0 Å². The first kappa shape index (κ1) is 13.4. The van der Waals surface area contributed by atoms with E-state index in [-0.39, 0.29) is 0 Å². The van der Waals surface area contributed by atoms with Crippen LogP contribution in [0, 0.1) is 0 Å². The number of hydrogen-bond acceptors (Lipinski definition) is 2. The lowest BCUT2D eigenvalue weighted by molar-refractivity contribution is -0.150. The number of rotatable bonds is 9. The first-order valence-electron chi connectivity index (χ1n) is 5.56. The quantitative estimate of drug-likeness (QED) is 0.585. The first-order chi connectivity index (χ1) is 6.72. The number of ether oxygens (including phenoxy) is 1. The fourth-order valence-electron chi connectivity index (χ4n) is 1.29. The molecule has 1 unspecified atom stereocenters. The van der Waals surface area contributed by atoms with Gasteiger partial charge in [0, 0.05) is 6.61 Å². The van der Waals surface area contributed by atoms with Crippen molar-refractivity contribution in [3.63, 3.8) is 0 Å². The zero-order valence-corrected chi connectivity index (χ0v) is 9.29. The van der Waals surface area contributed by atoms with Gasteiger partial charge in [0.25, 0.3) is 0 Å². The first-order valence-corrected chi connectivity index (χ1v) is 5.56. The Labute approximate surface area is 86.5 Å². The van der Waals surface area contributed by atoms with Gasteiger partial charge < -0.3 is 9.84 Å². The van der Waals surface area contributed by atoms with Crippen molar-refractivity contribution in [2.24, 2.45) is 0 Å². The van der Waals surface area contributed by atoms with E-state index in [1.54, 1.807) is 0 Å². The summed E-state index contributed by atoms with van der Waals surface area (Å²) in [6.07, 6.45) is 5.37. The topological polar surface area (TPSA) is 46.5 Å². The molecule has 3 heteroatoms. The maximum absolute atomic E-state index is 10.7. The van der Waals surface area contributed by atoms with Gasteiger partial charge in [0.1, 0.15) is 0 Å². The molecule has 3 nitrogen and oxygen atoms in total.